The topological polar surface area (TPSA) is 64.4 Å². The molecule has 1 aliphatic rings. The van der Waals surface area contributed by atoms with E-state index in [0.29, 0.717) is 31.7 Å². The first kappa shape index (κ1) is 13.0. The predicted molar refractivity (Wildman–Crippen MR) is 59.8 cm³/mol. The molecule has 1 aromatic rings. The highest BCUT2D eigenvalue weighted by atomic mass is 35.5. The number of aromatic nitrogens is 2. The summed E-state index contributed by atoms with van der Waals surface area (Å²) in [5.41, 5.74) is -0.208. The van der Waals surface area contributed by atoms with E-state index in [-0.39, 0.29) is 12.4 Å². The van der Waals surface area contributed by atoms with Crippen LogP contribution in [-0.2, 0) is 22.0 Å². The smallest absolute Gasteiger partial charge is 0.315 e. The van der Waals surface area contributed by atoms with Crippen LogP contribution in [0.25, 0.3) is 0 Å². The molecule has 0 bridgehead atoms. The molecule has 0 spiro atoms. The predicted octanol–water partition coefficient (Wildman–Crippen LogP) is 0.975. The third-order valence-corrected chi connectivity index (χ3v) is 2.96. The molecule has 1 aliphatic heterocycles. The molecule has 16 heavy (non-hydrogen) atoms. The second kappa shape index (κ2) is 4.84. The quantitative estimate of drug-likeness (QED) is 0.845. The summed E-state index contributed by atoms with van der Waals surface area (Å²) in [7, 11) is 1.79. The van der Waals surface area contributed by atoms with Crippen LogP contribution < -0.4 is 0 Å². The summed E-state index contributed by atoms with van der Waals surface area (Å²) in [6.07, 6.45) is 2.77. The van der Waals surface area contributed by atoms with Gasteiger partial charge in [0.15, 0.2) is 0 Å². The second-order valence-electron chi connectivity index (χ2n) is 3.87. The lowest BCUT2D eigenvalue weighted by Crippen LogP contribution is -2.41. The number of nitrogens with zero attached hydrogens (tertiary/aromatic N) is 2. The van der Waals surface area contributed by atoms with Crippen LogP contribution in [-0.4, -0.2) is 34.1 Å². The fourth-order valence-electron chi connectivity index (χ4n) is 1.97. The third-order valence-electron chi connectivity index (χ3n) is 2.96. The average Bonchev–Trinajstić information content (AvgIpc) is 2.66. The fourth-order valence-corrected chi connectivity index (χ4v) is 1.97. The van der Waals surface area contributed by atoms with Crippen molar-refractivity contribution in [1.82, 2.24) is 9.78 Å². The molecule has 0 saturated carbocycles. The Kier molecular flexibility index (Phi) is 3.93. The maximum atomic E-state index is 11.4. The monoisotopic (exact) mass is 246 g/mol. The minimum absolute atomic E-state index is 0. The van der Waals surface area contributed by atoms with E-state index in [1.165, 1.54) is 0 Å². The van der Waals surface area contributed by atoms with Crippen molar-refractivity contribution in [1.29, 1.82) is 0 Å². The first-order chi connectivity index (χ1) is 7.15. The van der Waals surface area contributed by atoms with Gasteiger partial charge in [-0.05, 0) is 18.9 Å². The van der Waals surface area contributed by atoms with Crippen LogP contribution in [0.4, 0.5) is 0 Å². The van der Waals surface area contributed by atoms with E-state index in [1.54, 1.807) is 24.0 Å². The lowest BCUT2D eigenvalue weighted by atomic mass is 9.77. The Labute approximate surface area is 99.8 Å². The Hall–Kier alpha value is -1.07. The number of carbonyl (C=O) groups is 1. The molecule has 0 atom stereocenters. The van der Waals surface area contributed by atoms with Gasteiger partial charge in [-0.3, -0.25) is 9.48 Å². The molecule has 90 valence electrons. The van der Waals surface area contributed by atoms with E-state index in [0.717, 1.165) is 0 Å². The van der Waals surface area contributed by atoms with Crippen molar-refractivity contribution in [3.63, 3.8) is 0 Å². The van der Waals surface area contributed by atoms with Crippen molar-refractivity contribution < 1.29 is 14.6 Å². The van der Waals surface area contributed by atoms with Gasteiger partial charge in [-0.25, -0.2) is 0 Å². The highest BCUT2D eigenvalue weighted by Crippen LogP contribution is 2.33. The minimum atomic E-state index is -0.848. The van der Waals surface area contributed by atoms with Gasteiger partial charge in [-0.2, -0.15) is 5.10 Å². The molecule has 0 aromatic carbocycles. The molecule has 1 aromatic heterocycles. The van der Waals surface area contributed by atoms with E-state index in [1.807, 2.05) is 0 Å². The minimum Gasteiger partial charge on any atom is -0.481 e. The number of aliphatic carboxylic acids is 1. The Bertz CT molecular complexity index is 372. The zero-order valence-corrected chi connectivity index (χ0v) is 9.87. The number of halogens is 1. The van der Waals surface area contributed by atoms with Crippen molar-refractivity contribution in [3.8, 4) is 0 Å². The molecule has 0 unspecified atom stereocenters. The van der Waals surface area contributed by atoms with Gasteiger partial charge in [0, 0.05) is 26.5 Å². The molecule has 5 nitrogen and oxygen atoms in total. The van der Waals surface area contributed by atoms with Crippen LogP contribution in [0.2, 0.25) is 0 Å². The van der Waals surface area contributed by atoms with E-state index >= 15 is 0 Å². The highest BCUT2D eigenvalue weighted by molar-refractivity contribution is 5.85. The Morgan fingerprint density at radius 3 is 2.62 bits per heavy atom. The molecule has 6 heteroatoms. The SMILES string of the molecule is Cl.Cn1ccc(C2(C(=O)O)CCOCC2)n1. The Balaban J connectivity index is 0.00000128. The molecular formula is C10H15ClN2O3. The van der Waals surface area contributed by atoms with Crippen LogP contribution in [0.3, 0.4) is 0 Å². The number of carboxylic acids is 1. The van der Waals surface area contributed by atoms with Crippen molar-refractivity contribution in [2.45, 2.75) is 18.3 Å². The lowest BCUT2D eigenvalue weighted by molar-refractivity contribution is -0.148. The van der Waals surface area contributed by atoms with Crippen LogP contribution in [0.15, 0.2) is 12.3 Å². The highest BCUT2D eigenvalue weighted by Gasteiger charge is 2.43. The van der Waals surface area contributed by atoms with Crippen LogP contribution in [0.1, 0.15) is 18.5 Å². The standard InChI is InChI=1S/C10H14N2O3.ClH/c1-12-5-2-8(11-12)10(9(13)14)3-6-15-7-4-10;/h2,5H,3-4,6-7H2,1H3,(H,13,14);1H. The number of rotatable bonds is 2. The fraction of sp³-hybridized carbons (Fsp3) is 0.600. The van der Waals surface area contributed by atoms with Crippen LogP contribution in [0.5, 0.6) is 0 Å². The molecule has 2 rings (SSSR count). The summed E-state index contributed by atoms with van der Waals surface area (Å²) >= 11 is 0. The van der Waals surface area contributed by atoms with Gasteiger partial charge in [0.25, 0.3) is 0 Å². The van der Waals surface area contributed by atoms with Gasteiger partial charge in [-0.1, -0.05) is 0 Å². The van der Waals surface area contributed by atoms with E-state index in [4.69, 9.17) is 4.74 Å². The summed E-state index contributed by atoms with van der Waals surface area (Å²) in [6, 6.07) is 1.78. The van der Waals surface area contributed by atoms with Crippen LogP contribution in [0, 0.1) is 0 Å². The van der Waals surface area contributed by atoms with Gasteiger partial charge >= 0.3 is 5.97 Å². The van der Waals surface area contributed by atoms with Crippen LogP contribution >= 0.6 is 12.4 Å². The molecular weight excluding hydrogens is 232 g/mol. The summed E-state index contributed by atoms with van der Waals surface area (Å²) < 4.78 is 6.84. The molecule has 1 fully saturated rings. The molecule has 0 radical (unpaired) electrons. The molecule has 2 heterocycles. The molecule has 0 aliphatic carbocycles. The van der Waals surface area contributed by atoms with Gasteiger partial charge in [0.2, 0.25) is 0 Å². The summed E-state index contributed by atoms with van der Waals surface area (Å²) in [5, 5.41) is 13.6. The summed E-state index contributed by atoms with van der Waals surface area (Å²) in [4.78, 5) is 11.4. The number of aryl methyl sites for hydroxylation is 1. The lowest BCUT2D eigenvalue weighted by Gasteiger charge is -2.31. The number of carboxylic acid groups (broad SMARTS) is 1. The zero-order chi connectivity index (χ0) is 10.9. The molecule has 0 amide bonds. The van der Waals surface area contributed by atoms with Crippen molar-refractivity contribution >= 4 is 18.4 Å². The van der Waals surface area contributed by atoms with Gasteiger partial charge < -0.3 is 9.84 Å². The normalized spacial score (nSPS) is 18.8. The number of hydrogen-bond acceptors (Lipinski definition) is 3. The number of ether oxygens (including phenoxy) is 1. The molecule has 1 N–H and O–H groups in total. The first-order valence-corrected chi connectivity index (χ1v) is 4.96. The number of hydrogen-bond donors (Lipinski definition) is 1. The van der Waals surface area contributed by atoms with Gasteiger partial charge in [0.1, 0.15) is 5.41 Å². The van der Waals surface area contributed by atoms with E-state index in [2.05, 4.69) is 5.10 Å². The maximum Gasteiger partial charge on any atom is 0.315 e. The Morgan fingerprint density at radius 1 is 1.56 bits per heavy atom. The van der Waals surface area contributed by atoms with Crippen molar-refractivity contribution in [2.24, 2.45) is 7.05 Å². The zero-order valence-electron chi connectivity index (χ0n) is 9.05. The van der Waals surface area contributed by atoms with Gasteiger partial charge in [-0.15, -0.1) is 12.4 Å². The molecule has 1 saturated heterocycles. The van der Waals surface area contributed by atoms with E-state index < -0.39 is 11.4 Å². The second-order valence-corrected chi connectivity index (χ2v) is 3.87. The summed E-state index contributed by atoms with van der Waals surface area (Å²) in [5.74, 6) is -0.801. The average molecular weight is 247 g/mol. The maximum absolute atomic E-state index is 11.4. The van der Waals surface area contributed by atoms with Crippen molar-refractivity contribution in [2.75, 3.05) is 13.2 Å². The first-order valence-electron chi connectivity index (χ1n) is 4.96. The van der Waals surface area contributed by atoms with E-state index in [9.17, 15) is 9.90 Å². The van der Waals surface area contributed by atoms with Crippen molar-refractivity contribution in [3.05, 3.63) is 18.0 Å². The largest absolute Gasteiger partial charge is 0.481 e. The third kappa shape index (κ3) is 2.05. The Morgan fingerprint density at radius 2 is 2.19 bits per heavy atom. The van der Waals surface area contributed by atoms with Gasteiger partial charge in [0.05, 0.1) is 5.69 Å². The summed E-state index contributed by atoms with van der Waals surface area (Å²) in [6.45, 7) is 0.978.